The van der Waals surface area contributed by atoms with Crippen molar-refractivity contribution in [3.63, 3.8) is 0 Å². The summed E-state index contributed by atoms with van der Waals surface area (Å²) >= 11 is 0. The number of fused-ring (bicyclic) bond motifs is 2. The van der Waals surface area contributed by atoms with E-state index < -0.39 is 0 Å². The minimum Gasteiger partial charge on any atom is -0.340 e. The van der Waals surface area contributed by atoms with Gasteiger partial charge in [-0.05, 0) is 69.3 Å². The van der Waals surface area contributed by atoms with E-state index in [-0.39, 0.29) is 11.0 Å². The summed E-state index contributed by atoms with van der Waals surface area (Å²) in [6.45, 7) is 8.97. The Morgan fingerprint density at radius 2 is 1.83 bits per heavy atom. The first-order valence-electron chi connectivity index (χ1n) is 12.3. The number of rotatable bonds is 5. The fourth-order valence-corrected chi connectivity index (χ4v) is 4.92. The van der Waals surface area contributed by atoms with Crippen LogP contribution in [0.1, 0.15) is 44.5 Å². The van der Waals surface area contributed by atoms with Crippen molar-refractivity contribution in [2.24, 2.45) is 0 Å². The summed E-state index contributed by atoms with van der Waals surface area (Å²) in [5.41, 5.74) is 6.41. The van der Waals surface area contributed by atoms with Gasteiger partial charge in [-0.15, -0.1) is 0 Å². The van der Waals surface area contributed by atoms with Crippen LogP contribution in [0.25, 0.3) is 16.6 Å². The van der Waals surface area contributed by atoms with Gasteiger partial charge in [-0.3, -0.25) is 9.78 Å². The lowest BCUT2D eigenvalue weighted by atomic mass is 9.91. The van der Waals surface area contributed by atoms with Crippen molar-refractivity contribution in [3.8, 4) is 5.69 Å². The molecule has 0 fully saturated rings. The van der Waals surface area contributed by atoms with Crippen LogP contribution in [0.3, 0.4) is 0 Å². The Labute approximate surface area is 206 Å². The van der Waals surface area contributed by atoms with Crippen LogP contribution in [0.15, 0.2) is 53.6 Å². The van der Waals surface area contributed by atoms with E-state index in [0.29, 0.717) is 23.8 Å². The van der Waals surface area contributed by atoms with E-state index in [2.05, 4.69) is 79.3 Å². The first-order chi connectivity index (χ1) is 16.7. The van der Waals surface area contributed by atoms with Gasteiger partial charge in [0, 0.05) is 47.8 Å². The zero-order chi connectivity index (χ0) is 24.9. The average Bonchev–Trinajstić information content (AvgIpc) is 3.37. The van der Waals surface area contributed by atoms with Crippen molar-refractivity contribution in [2.75, 3.05) is 19.4 Å². The predicted molar refractivity (Wildman–Crippen MR) is 142 cm³/mol. The lowest BCUT2D eigenvalue weighted by molar-refractivity contribution is 0.303. The standard InChI is InChI=1S/C28H34N6O/c1-7-33-27(35)23-17-30-26(31-20-9-8-18-13-22(32(5)6)14-19(18)12-20)16-24(23)34(33)21-10-11-29-25(15-21)28(2,3)4/h8-12,15-17,22H,7,13-14H2,1-6H3,(H,30,31). The summed E-state index contributed by atoms with van der Waals surface area (Å²) < 4.78 is 3.75. The maximum atomic E-state index is 13.2. The van der Waals surface area contributed by atoms with E-state index in [4.69, 9.17) is 0 Å². The molecule has 0 bridgehead atoms. The molecule has 1 atom stereocenters. The third-order valence-corrected chi connectivity index (χ3v) is 6.99. The average molecular weight is 471 g/mol. The quantitative estimate of drug-likeness (QED) is 0.459. The molecule has 1 aromatic carbocycles. The predicted octanol–water partition coefficient (Wildman–Crippen LogP) is 4.67. The highest BCUT2D eigenvalue weighted by Gasteiger charge is 2.23. The lowest BCUT2D eigenvalue weighted by Gasteiger charge is -2.19. The summed E-state index contributed by atoms with van der Waals surface area (Å²) in [4.78, 5) is 24.6. The van der Waals surface area contributed by atoms with Crippen LogP contribution in [0.4, 0.5) is 11.5 Å². The fraction of sp³-hybridized carbons (Fsp3) is 0.393. The monoisotopic (exact) mass is 470 g/mol. The van der Waals surface area contributed by atoms with Crippen molar-refractivity contribution in [2.45, 2.75) is 58.5 Å². The van der Waals surface area contributed by atoms with Crippen molar-refractivity contribution >= 4 is 22.4 Å². The number of nitrogens with one attached hydrogen (secondary N) is 1. The zero-order valence-corrected chi connectivity index (χ0v) is 21.5. The van der Waals surface area contributed by atoms with E-state index >= 15 is 0 Å². The molecule has 0 spiro atoms. The molecular weight excluding hydrogens is 436 g/mol. The molecule has 0 saturated heterocycles. The van der Waals surface area contributed by atoms with Gasteiger partial charge < -0.3 is 10.2 Å². The largest absolute Gasteiger partial charge is 0.340 e. The second-order valence-corrected chi connectivity index (χ2v) is 10.7. The molecule has 0 saturated carbocycles. The van der Waals surface area contributed by atoms with Gasteiger partial charge in [-0.2, -0.15) is 0 Å². The summed E-state index contributed by atoms with van der Waals surface area (Å²) in [6.07, 6.45) is 5.65. The second kappa shape index (κ2) is 8.64. The van der Waals surface area contributed by atoms with E-state index in [1.54, 1.807) is 10.9 Å². The topological polar surface area (TPSA) is 68.0 Å². The van der Waals surface area contributed by atoms with Crippen molar-refractivity contribution in [1.82, 2.24) is 24.2 Å². The number of aromatic nitrogens is 4. The highest BCUT2D eigenvalue weighted by atomic mass is 16.1. The second-order valence-electron chi connectivity index (χ2n) is 10.7. The van der Waals surface area contributed by atoms with Crippen molar-refractivity contribution in [3.05, 3.63) is 76.0 Å². The summed E-state index contributed by atoms with van der Waals surface area (Å²) in [6, 6.07) is 13.1. The summed E-state index contributed by atoms with van der Waals surface area (Å²) in [7, 11) is 4.29. The Hall–Kier alpha value is -3.45. The van der Waals surface area contributed by atoms with Crippen LogP contribution >= 0.6 is 0 Å². The number of pyridine rings is 2. The normalized spacial score (nSPS) is 15.7. The Morgan fingerprint density at radius 1 is 1.06 bits per heavy atom. The number of anilines is 2. The smallest absolute Gasteiger partial charge is 0.276 e. The molecule has 3 aromatic heterocycles. The van der Waals surface area contributed by atoms with E-state index in [0.717, 1.165) is 35.4 Å². The molecule has 7 heteroatoms. The first kappa shape index (κ1) is 23.3. The Kier molecular flexibility index (Phi) is 5.75. The van der Waals surface area contributed by atoms with Gasteiger partial charge in [0.05, 0.1) is 16.6 Å². The van der Waals surface area contributed by atoms with E-state index in [9.17, 15) is 4.79 Å². The molecule has 0 amide bonds. The molecule has 1 unspecified atom stereocenters. The highest BCUT2D eigenvalue weighted by Crippen LogP contribution is 2.29. The molecular formula is C28H34N6O. The van der Waals surface area contributed by atoms with E-state index in [1.807, 2.05) is 29.9 Å². The van der Waals surface area contributed by atoms with Crippen LogP contribution < -0.4 is 10.9 Å². The Balaban J connectivity index is 1.55. The highest BCUT2D eigenvalue weighted by molar-refractivity contribution is 5.82. The number of benzene rings is 1. The van der Waals surface area contributed by atoms with Crippen molar-refractivity contribution < 1.29 is 0 Å². The fourth-order valence-electron chi connectivity index (χ4n) is 4.92. The third kappa shape index (κ3) is 4.25. The molecule has 0 aliphatic heterocycles. The molecule has 182 valence electrons. The van der Waals surface area contributed by atoms with Crippen molar-refractivity contribution in [1.29, 1.82) is 0 Å². The van der Waals surface area contributed by atoms with Gasteiger partial charge >= 0.3 is 0 Å². The molecule has 0 radical (unpaired) electrons. The molecule has 35 heavy (non-hydrogen) atoms. The minimum absolute atomic E-state index is 0.0390. The molecule has 1 aliphatic rings. The zero-order valence-electron chi connectivity index (χ0n) is 21.5. The molecule has 1 aliphatic carbocycles. The molecule has 7 nitrogen and oxygen atoms in total. The summed E-state index contributed by atoms with van der Waals surface area (Å²) in [5, 5.41) is 4.08. The van der Waals surface area contributed by atoms with Gasteiger partial charge in [0.1, 0.15) is 5.82 Å². The van der Waals surface area contributed by atoms with Gasteiger partial charge in [0.2, 0.25) is 0 Å². The number of hydrogen-bond acceptors (Lipinski definition) is 5. The van der Waals surface area contributed by atoms with Gasteiger partial charge in [-0.25, -0.2) is 14.3 Å². The Morgan fingerprint density at radius 3 is 2.54 bits per heavy atom. The van der Waals surface area contributed by atoms with Crippen LogP contribution in [0, 0.1) is 0 Å². The SMILES string of the molecule is CCn1c(=O)c2cnc(Nc3ccc4c(c3)CC(N(C)C)C4)cc2n1-c1ccnc(C(C)(C)C)c1. The molecule has 5 rings (SSSR count). The molecule has 1 N–H and O–H groups in total. The molecule has 4 aromatic rings. The van der Waals surface area contributed by atoms with Gasteiger partial charge in [0.25, 0.3) is 5.56 Å². The maximum Gasteiger partial charge on any atom is 0.276 e. The van der Waals surface area contributed by atoms with Crippen LogP contribution in [-0.4, -0.2) is 44.4 Å². The minimum atomic E-state index is -0.0935. The van der Waals surface area contributed by atoms with Crippen LogP contribution in [0.2, 0.25) is 0 Å². The Bertz CT molecular complexity index is 1460. The number of nitrogens with zero attached hydrogens (tertiary/aromatic N) is 5. The van der Waals surface area contributed by atoms with Gasteiger partial charge in [0.15, 0.2) is 0 Å². The number of hydrogen-bond donors (Lipinski definition) is 1. The summed E-state index contributed by atoms with van der Waals surface area (Å²) in [5.74, 6) is 0.715. The van der Waals surface area contributed by atoms with Crippen LogP contribution in [-0.2, 0) is 24.8 Å². The first-order valence-corrected chi connectivity index (χ1v) is 12.3. The van der Waals surface area contributed by atoms with E-state index in [1.165, 1.54) is 11.1 Å². The number of likely N-dealkylation sites (N-methyl/N-ethyl adjacent to an activating group) is 1. The lowest BCUT2D eigenvalue weighted by Crippen LogP contribution is -2.27. The third-order valence-electron chi connectivity index (χ3n) is 6.99. The van der Waals surface area contributed by atoms with Gasteiger partial charge in [-0.1, -0.05) is 26.8 Å². The van der Waals surface area contributed by atoms with Crippen LogP contribution in [0.5, 0.6) is 0 Å². The molecule has 3 heterocycles. The maximum absolute atomic E-state index is 13.2.